The molecule has 4 nitrogen and oxygen atoms in total. The summed E-state index contributed by atoms with van der Waals surface area (Å²) >= 11 is 0. The van der Waals surface area contributed by atoms with E-state index in [4.69, 9.17) is 9.47 Å². The first-order chi connectivity index (χ1) is 10.6. The molecule has 130 valence electrons. The molecule has 0 N–H and O–H groups in total. The normalized spacial score (nSPS) is 45.4. The van der Waals surface area contributed by atoms with Crippen molar-refractivity contribution in [1.29, 1.82) is 0 Å². The minimum Gasteiger partial charge on any atom is -0.462 e. The fourth-order valence-electron chi connectivity index (χ4n) is 6.38. The van der Waals surface area contributed by atoms with Gasteiger partial charge in [-0.05, 0) is 31.1 Å². The lowest BCUT2D eigenvalue weighted by molar-refractivity contribution is -0.247. The molecule has 3 fully saturated rings. The van der Waals surface area contributed by atoms with Gasteiger partial charge < -0.3 is 9.47 Å². The Kier molecular flexibility index (Phi) is 3.81. The molecule has 1 aliphatic heterocycles. The third-order valence-electron chi connectivity index (χ3n) is 7.08. The molecular formula is C19H30O4. The van der Waals surface area contributed by atoms with Gasteiger partial charge in [0, 0.05) is 30.6 Å². The predicted molar refractivity (Wildman–Crippen MR) is 86.6 cm³/mol. The Balaban J connectivity index is 2.07. The maximum Gasteiger partial charge on any atom is 0.306 e. The number of esters is 2. The Morgan fingerprint density at radius 1 is 1.22 bits per heavy atom. The maximum absolute atomic E-state index is 12.0. The van der Waals surface area contributed by atoms with Gasteiger partial charge in [0.1, 0.15) is 11.7 Å². The quantitative estimate of drug-likeness (QED) is 0.688. The van der Waals surface area contributed by atoms with Crippen molar-refractivity contribution in [2.45, 2.75) is 84.8 Å². The summed E-state index contributed by atoms with van der Waals surface area (Å²) in [4.78, 5) is 23.7. The van der Waals surface area contributed by atoms with Crippen molar-refractivity contribution in [3.05, 3.63) is 0 Å². The van der Waals surface area contributed by atoms with E-state index >= 15 is 0 Å². The molecule has 1 heterocycles. The van der Waals surface area contributed by atoms with E-state index in [0.29, 0.717) is 6.42 Å². The van der Waals surface area contributed by atoms with Crippen LogP contribution in [0.3, 0.4) is 0 Å². The fraction of sp³-hybridized carbons (Fsp3) is 0.895. The number of rotatable bonds is 1. The second-order valence-electron chi connectivity index (χ2n) is 8.89. The highest BCUT2D eigenvalue weighted by atomic mass is 16.6. The molecular weight excluding hydrogens is 292 g/mol. The van der Waals surface area contributed by atoms with Crippen molar-refractivity contribution < 1.29 is 19.1 Å². The fourth-order valence-corrected chi connectivity index (χ4v) is 6.38. The van der Waals surface area contributed by atoms with Crippen LogP contribution in [0.2, 0.25) is 0 Å². The molecule has 3 aliphatic rings. The highest BCUT2D eigenvalue weighted by Gasteiger charge is 2.68. The Hall–Kier alpha value is -1.06. The second-order valence-corrected chi connectivity index (χ2v) is 8.89. The second kappa shape index (κ2) is 5.22. The van der Waals surface area contributed by atoms with Crippen LogP contribution in [0.15, 0.2) is 0 Å². The van der Waals surface area contributed by atoms with Gasteiger partial charge in [0.2, 0.25) is 0 Å². The highest BCUT2D eigenvalue weighted by molar-refractivity contribution is 5.72. The minimum atomic E-state index is -0.386. The summed E-state index contributed by atoms with van der Waals surface area (Å²) in [6, 6.07) is 0. The summed E-state index contributed by atoms with van der Waals surface area (Å²) in [5.74, 6) is 0.180. The number of ether oxygens (including phenoxy) is 2. The molecule has 0 radical (unpaired) electrons. The molecule has 23 heavy (non-hydrogen) atoms. The maximum atomic E-state index is 12.0. The summed E-state index contributed by atoms with van der Waals surface area (Å²) in [6.45, 7) is 10.5. The summed E-state index contributed by atoms with van der Waals surface area (Å²) in [6.07, 6.45) is 5.34. The Bertz CT molecular complexity index is 525. The standard InChI is InChI=1S/C19H30O4/c1-12-11-14(22-13(2)20)16-17(3,4)8-6-9-18(16,5)19(12)10-7-15(21)23-19/h12,14,16H,6-11H2,1-5H3/t12-,14-,16+,18+,19-/m0/s1. The third-order valence-corrected chi connectivity index (χ3v) is 7.08. The molecule has 3 rings (SSSR count). The van der Waals surface area contributed by atoms with Crippen molar-refractivity contribution in [3.8, 4) is 0 Å². The summed E-state index contributed by atoms with van der Waals surface area (Å²) in [5.41, 5.74) is -0.433. The van der Waals surface area contributed by atoms with Crippen molar-refractivity contribution in [2.75, 3.05) is 0 Å². The molecule has 5 atom stereocenters. The molecule has 4 heteroatoms. The zero-order valence-electron chi connectivity index (χ0n) is 15.1. The number of carbonyl (C=O) groups is 2. The average molecular weight is 322 g/mol. The molecule has 0 bridgehead atoms. The largest absolute Gasteiger partial charge is 0.462 e. The van der Waals surface area contributed by atoms with E-state index in [0.717, 1.165) is 32.1 Å². The Morgan fingerprint density at radius 2 is 1.91 bits per heavy atom. The lowest BCUT2D eigenvalue weighted by Crippen LogP contribution is -2.66. The van der Waals surface area contributed by atoms with Gasteiger partial charge in [-0.25, -0.2) is 0 Å². The van der Waals surface area contributed by atoms with Gasteiger partial charge in [-0.2, -0.15) is 0 Å². The van der Waals surface area contributed by atoms with Crippen LogP contribution in [0.4, 0.5) is 0 Å². The lowest BCUT2D eigenvalue weighted by atomic mass is 9.43. The third kappa shape index (κ3) is 2.32. The highest BCUT2D eigenvalue weighted by Crippen LogP contribution is 2.66. The van der Waals surface area contributed by atoms with Crippen LogP contribution in [0.25, 0.3) is 0 Å². The van der Waals surface area contributed by atoms with Crippen LogP contribution in [0.1, 0.15) is 73.1 Å². The summed E-state index contributed by atoms with van der Waals surface area (Å²) < 4.78 is 11.8. The minimum absolute atomic E-state index is 0.0638. The molecule has 0 aromatic heterocycles. The van der Waals surface area contributed by atoms with E-state index in [-0.39, 0.29) is 46.3 Å². The van der Waals surface area contributed by atoms with E-state index in [2.05, 4.69) is 27.7 Å². The number of hydrogen-bond acceptors (Lipinski definition) is 4. The predicted octanol–water partition coefficient (Wildman–Crippen LogP) is 3.87. The summed E-state index contributed by atoms with van der Waals surface area (Å²) in [5, 5.41) is 0. The van der Waals surface area contributed by atoms with E-state index in [1.165, 1.54) is 6.92 Å². The topological polar surface area (TPSA) is 52.6 Å². The van der Waals surface area contributed by atoms with E-state index < -0.39 is 0 Å². The van der Waals surface area contributed by atoms with Gasteiger partial charge >= 0.3 is 11.9 Å². The van der Waals surface area contributed by atoms with Gasteiger partial charge in [0.25, 0.3) is 0 Å². The first-order valence-electron chi connectivity index (χ1n) is 9.01. The van der Waals surface area contributed by atoms with Crippen LogP contribution >= 0.6 is 0 Å². The Labute approximate surface area is 139 Å². The van der Waals surface area contributed by atoms with Crippen molar-refractivity contribution in [2.24, 2.45) is 22.7 Å². The number of hydrogen-bond donors (Lipinski definition) is 0. The van der Waals surface area contributed by atoms with E-state index in [9.17, 15) is 9.59 Å². The molecule has 0 amide bonds. The molecule has 0 unspecified atom stereocenters. The van der Waals surface area contributed by atoms with Crippen LogP contribution < -0.4 is 0 Å². The zero-order chi connectivity index (χ0) is 17.0. The van der Waals surface area contributed by atoms with Crippen molar-refractivity contribution >= 4 is 11.9 Å². The van der Waals surface area contributed by atoms with Gasteiger partial charge in [-0.1, -0.05) is 34.1 Å². The average Bonchev–Trinajstić information content (AvgIpc) is 2.79. The molecule has 1 saturated heterocycles. The molecule has 0 aromatic rings. The van der Waals surface area contributed by atoms with Crippen molar-refractivity contribution in [1.82, 2.24) is 0 Å². The van der Waals surface area contributed by atoms with Gasteiger partial charge in [-0.3, -0.25) is 9.59 Å². The lowest BCUT2D eigenvalue weighted by Gasteiger charge is -2.64. The summed E-state index contributed by atoms with van der Waals surface area (Å²) in [7, 11) is 0. The SMILES string of the molecule is CC(=O)O[C@H]1C[C@H](C)[C@@]2(CCC(=O)O2)[C@]2(C)CCCC(C)(C)[C@@H]12. The molecule has 2 aliphatic carbocycles. The van der Waals surface area contributed by atoms with Crippen LogP contribution in [-0.4, -0.2) is 23.6 Å². The van der Waals surface area contributed by atoms with Crippen LogP contribution in [0.5, 0.6) is 0 Å². The van der Waals surface area contributed by atoms with Gasteiger partial charge in [-0.15, -0.1) is 0 Å². The smallest absolute Gasteiger partial charge is 0.306 e. The van der Waals surface area contributed by atoms with Crippen LogP contribution in [0, 0.1) is 22.7 Å². The number of fused-ring (bicyclic) bond motifs is 2. The van der Waals surface area contributed by atoms with Crippen LogP contribution in [-0.2, 0) is 19.1 Å². The number of carbonyl (C=O) groups excluding carboxylic acids is 2. The molecule has 2 saturated carbocycles. The van der Waals surface area contributed by atoms with Gasteiger partial charge in [0.15, 0.2) is 0 Å². The molecule has 1 spiro atoms. The van der Waals surface area contributed by atoms with Crippen molar-refractivity contribution in [3.63, 3.8) is 0 Å². The molecule has 0 aromatic carbocycles. The first kappa shape index (κ1) is 16.8. The Morgan fingerprint density at radius 3 is 2.48 bits per heavy atom. The monoisotopic (exact) mass is 322 g/mol. The zero-order valence-corrected chi connectivity index (χ0v) is 15.1. The van der Waals surface area contributed by atoms with E-state index in [1.54, 1.807) is 0 Å². The van der Waals surface area contributed by atoms with E-state index in [1.807, 2.05) is 0 Å². The first-order valence-corrected chi connectivity index (χ1v) is 9.01. The van der Waals surface area contributed by atoms with Gasteiger partial charge in [0.05, 0.1) is 0 Å².